The average Bonchev–Trinajstić information content (AvgIpc) is 3.48. The van der Waals surface area contributed by atoms with Gasteiger partial charge in [-0.3, -0.25) is 4.79 Å². The number of H-pyrrole nitrogens is 1. The number of likely N-dealkylation sites (tertiary alicyclic amines) is 1. The minimum Gasteiger partial charge on any atom is -0.357 e. The lowest BCUT2D eigenvalue weighted by molar-refractivity contribution is -0.135. The molecule has 1 amide bonds. The molecule has 174 valence electrons. The molecule has 8 heteroatoms. The molecule has 3 N–H and O–H groups in total. The standard InChI is InChI=1S/C24H34N6O.HI/c1-2-25-24(27-16-22-26-15-21(29-22)18-9-5-3-6-10-18)28-20-13-14-30(17-20)23(31)19-11-7-4-8-12-19;/h3,5-6,9-10,15,19-20H,2,4,7-8,11-14,16-17H2,1H3,(H,26,29)(H2,25,27,28);1H. The molecule has 2 fully saturated rings. The molecule has 0 spiro atoms. The Morgan fingerprint density at radius 2 is 1.97 bits per heavy atom. The fourth-order valence-electron chi connectivity index (χ4n) is 4.56. The number of benzene rings is 1. The molecule has 7 nitrogen and oxygen atoms in total. The lowest BCUT2D eigenvalue weighted by atomic mass is 9.88. The predicted molar refractivity (Wildman–Crippen MR) is 139 cm³/mol. The van der Waals surface area contributed by atoms with Crippen molar-refractivity contribution in [3.05, 3.63) is 42.4 Å². The number of amides is 1. The van der Waals surface area contributed by atoms with E-state index in [1.165, 1.54) is 19.3 Å². The third-order valence-electron chi connectivity index (χ3n) is 6.24. The molecule has 1 aromatic heterocycles. The van der Waals surface area contributed by atoms with Crippen molar-refractivity contribution in [2.45, 2.75) is 58.0 Å². The molecule has 1 unspecified atom stereocenters. The Balaban J connectivity index is 0.00000289. The summed E-state index contributed by atoms with van der Waals surface area (Å²) in [6.07, 6.45) is 8.61. The maximum Gasteiger partial charge on any atom is 0.225 e. The number of rotatable bonds is 6. The summed E-state index contributed by atoms with van der Waals surface area (Å²) in [5, 5.41) is 6.84. The van der Waals surface area contributed by atoms with Crippen molar-refractivity contribution >= 4 is 35.8 Å². The number of carbonyl (C=O) groups excluding carboxylic acids is 1. The van der Waals surface area contributed by atoms with Crippen LogP contribution in [-0.4, -0.2) is 52.4 Å². The average molecular weight is 550 g/mol. The van der Waals surface area contributed by atoms with Gasteiger partial charge in [0.05, 0.1) is 11.9 Å². The lowest BCUT2D eigenvalue weighted by Gasteiger charge is -2.26. The summed E-state index contributed by atoms with van der Waals surface area (Å²) in [6.45, 7) is 4.92. The van der Waals surface area contributed by atoms with Gasteiger partial charge in [0.25, 0.3) is 0 Å². The minimum absolute atomic E-state index is 0. The molecular weight excluding hydrogens is 515 g/mol. The number of halogens is 1. The first-order chi connectivity index (χ1) is 15.2. The van der Waals surface area contributed by atoms with Gasteiger partial charge in [-0.15, -0.1) is 24.0 Å². The lowest BCUT2D eigenvalue weighted by Crippen LogP contribution is -2.45. The normalized spacial score (nSPS) is 19.5. The summed E-state index contributed by atoms with van der Waals surface area (Å²) in [6, 6.07) is 10.4. The Bertz CT molecular complexity index is 878. The summed E-state index contributed by atoms with van der Waals surface area (Å²) >= 11 is 0. The second-order valence-electron chi connectivity index (χ2n) is 8.55. The van der Waals surface area contributed by atoms with Crippen molar-refractivity contribution in [1.82, 2.24) is 25.5 Å². The van der Waals surface area contributed by atoms with Crippen LogP contribution in [0.25, 0.3) is 11.3 Å². The quantitative estimate of drug-likeness (QED) is 0.289. The van der Waals surface area contributed by atoms with Crippen LogP contribution >= 0.6 is 24.0 Å². The van der Waals surface area contributed by atoms with E-state index in [0.717, 1.165) is 61.9 Å². The molecule has 0 radical (unpaired) electrons. The summed E-state index contributed by atoms with van der Waals surface area (Å²) < 4.78 is 0. The fourth-order valence-corrected chi connectivity index (χ4v) is 4.56. The van der Waals surface area contributed by atoms with Gasteiger partial charge < -0.3 is 20.5 Å². The summed E-state index contributed by atoms with van der Waals surface area (Å²) in [7, 11) is 0. The van der Waals surface area contributed by atoms with Crippen LogP contribution in [0.5, 0.6) is 0 Å². The summed E-state index contributed by atoms with van der Waals surface area (Å²) in [5.74, 6) is 2.20. The first kappa shape index (κ1) is 24.5. The van der Waals surface area contributed by atoms with Crippen molar-refractivity contribution < 1.29 is 4.79 Å². The first-order valence-corrected chi connectivity index (χ1v) is 11.7. The van der Waals surface area contributed by atoms with E-state index in [0.29, 0.717) is 12.5 Å². The number of aromatic amines is 1. The highest BCUT2D eigenvalue weighted by molar-refractivity contribution is 14.0. The van der Waals surface area contributed by atoms with Gasteiger partial charge in [0, 0.05) is 31.6 Å². The number of aromatic nitrogens is 2. The van der Waals surface area contributed by atoms with Gasteiger partial charge in [-0.2, -0.15) is 0 Å². The molecule has 1 aliphatic carbocycles. The highest BCUT2D eigenvalue weighted by Crippen LogP contribution is 2.26. The van der Waals surface area contributed by atoms with Crippen LogP contribution in [0.3, 0.4) is 0 Å². The van der Waals surface area contributed by atoms with Crippen LogP contribution < -0.4 is 10.6 Å². The molecule has 32 heavy (non-hydrogen) atoms. The third-order valence-corrected chi connectivity index (χ3v) is 6.24. The topological polar surface area (TPSA) is 85.4 Å². The maximum absolute atomic E-state index is 12.8. The molecule has 2 aliphatic rings. The number of aliphatic imine (C=N–C) groups is 1. The highest BCUT2D eigenvalue weighted by atomic mass is 127. The van der Waals surface area contributed by atoms with Crippen LogP contribution in [0.15, 0.2) is 41.5 Å². The number of carbonyl (C=O) groups is 1. The molecule has 1 aromatic carbocycles. The van der Waals surface area contributed by atoms with E-state index in [1.54, 1.807) is 0 Å². The van der Waals surface area contributed by atoms with E-state index >= 15 is 0 Å². The zero-order chi connectivity index (χ0) is 21.5. The van der Waals surface area contributed by atoms with Crippen LogP contribution in [0.4, 0.5) is 0 Å². The zero-order valence-corrected chi connectivity index (χ0v) is 21.2. The van der Waals surface area contributed by atoms with E-state index in [2.05, 4.69) is 44.6 Å². The second-order valence-corrected chi connectivity index (χ2v) is 8.55. The third kappa shape index (κ3) is 6.46. The van der Waals surface area contributed by atoms with Gasteiger partial charge in [0.15, 0.2) is 5.96 Å². The van der Waals surface area contributed by atoms with Crippen molar-refractivity contribution in [3.63, 3.8) is 0 Å². The molecular formula is C24H35IN6O. The second kappa shape index (κ2) is 12.2. The van der Waals surface area contributed by atoms with Gasteiger partial charge in [0.1, 0.15) is 12.4 Å². The van der Waals surface area contributed by atoms with E-state index in [1.807, 2.05) is 24.4 Å². The number of hydrogen-bond donors (Lipinski definition) is 3. The smallest absolute Gasteiger partial charge is 0.225 e. The number of guanidine groups is 1. The Morgan fingerprint density at radius 1 is 1.19 bits per heavy atom. The molecule has 0 bridgehead atoms. The van der Waals surface area contributed by atoms with E-state index in [9.17, 15) is 4.79 Å². The van der Waals surface area contributed by atoms with E-state index < -0.39 is 0 Å². The van der Waals surface area contributed by atoms with Crippen molar-refractivity contribution in [2.24, 2.45) is 10.9 Å². The SMILES string of the molecule is CCNC(=NCc1ncc(-c2ccccc2)[nH]1)NC1CCN(C(=O)C2CCCCC2)C1.I. The summed E-state index contributed by atoms with van der Waals surface area (Å²) in [5.41, 5.74) is 2.11. The number of nitrogens with one attached hydrogen (secondary N) is 3. The molecule has 1 saturated heterocycles. The largest absolute Gasteiger partial charge is 0.357 e. The first-order valence-electron chi connectivity index (χ1n) is 11.7. The maximum atomic E-state index is 12.8. The molecule has 4 rings (SSSR count). The van der Waals surface area contributed by atoms with Crippen molar-refractivity contribution in [2.75, 3.05) is 19.6 Å². The van der Waals surface area contributed by atoms with E-state index in [-0.39, 0.29) is 35.9 Å². The molecule has 1 saturated carbocycles. The van der Waals surface area contributed by atoms with Crippen molar-refractivity contribution in [3.8, 4) is 11.3 Å². The monoisotopic (exact) mass is 550 g/mol. The Morgan fingerprint density at radius 3 is 2.72 bits per heavy atom. The molecule has 2 aromatic rings. The zero-order valence-electron chi connectivity index (χ0n) is 18.8. The number of nitrogens with zero attached hydrogens (tertiary/aromatic N) is 3. The Labute approximate surface area is 207 Å². The number of imidazole rings is 1. The van der Waals surface area contributed by atoms with Gasteiger partial charge in [-0.25, -0.2) is 9.98 Å². The Kier molecular flexibility index (Phi) is 9.37. The van der Waals surface area contributed by atoms with Gasteiger partial charge >= 0.3 is 0 Å². The van der Waals surface area contributed by atoms with Crippen molar-refractivity contribution in [1.29, 1.82) is 0 Å². The van der Waals surface area contributed by atoms with Crippen LogP contribution in [0.2, 0.25) is 0 Å². The van der Waals surface area contributed by atoms with E-state index in [4.69, 9.17) is 4.99 Å². The fraction of sp³-hybridized carbons (Fsp3) is 0.542. The molecule has 1 atom stereocenters. The Hall–Kier alpha value is -2.10. The van der Waals surface area contributed by atoms with Crippen LogP contribution in [-0.2, 0) is 11.3 Å². The van der Waals surface area contributed by atoms with Crippen LogP contribution in [0, 0.1) is 5.92 Å². The summed E-state index contributed by atoms with van der Waals surface area (Å²) in [4.78, 5) is 27.4. The van der Waals surface area contributed by atoms with Crippen LogP contribution in [0.1, 0.15) is 51.3 Å². The predicted octanol–water partition coefficient (Wildman–Crippen LogP) is 3.93. The van der Waals surface area contributed by atoms with Gasteiger partial charge in [-0.05, 0) is 31.7 Å². The molecule has 1 aliphatic heterocycles. The van der Waals surface area contributed by atoms with Gasteiger partial charge in [-0.1, -0.05) is 49.6 Å². The minimum atomic E-state index is 0. The molecule has 2 heterocycles. The number of hydrogen-bond acceptors (Lipinski definition) is 3. The van der Waals surface area contributed by atoms with Gasteiger partial charge in [0.2, 0.25) is 5.91 Å². The highest BCUT2D eigenvalue weighted by Gasteiger charge is 2.31.